The van der Waals surface area contributed by atoms with Gasteiger partial charge in [0.05, 0.1) is 5.92 Å². The maximum atomic E-state index is 12.0. The molecule has 1 spiro atoms. The maximum absolute atomic E-state index is 12.0. The van der Waals surface area contributed by atoms with E-state index in [1.807, 2.05) is 6.92 Å². The lowest BCUT2D eigenvalue weighted by Crippen LogP contribution is -2.50. The van der Waals surface area contributed by atoms with Gasteiger partial charge in [0.1, 0.15) is 5.60 Å². The number of hydrogen-bond donors (Lipinski definition) is 0. The van der Waals surface area contributed by atoms with Gasteiger partial charge in [-0.1, -0.05) is 19.4 Å². The third-order valence-corrected chi connectivity index (χ3v) is 5.35. The van der Waals surface area contributed by atoms with Crippen molar-refractivity contribution in [2.24, 2.45) is 23.7 Å². The summed E-state index contributed by atoms with van der Waals surface area (Å²) in [6, 6.07) is 0. The fraction of sp³-hybridized carbons (Fsp3) is 0.800. The van der Waals surface area contributed by atoms with Crippen LogP contribution >= 0.6 is 0 Å². The molecule has 1 heterocycles. The van der Waals surface area contributed by atoms with Gasteiger partial charge in [-0.3, -0.25) is 4.79 Å². The number of esters is 1. The highest BCUT2D eigenvalue weighted by Gasteiger charge is 2.60. The van der Waals surface area contributed by atoms with Crippen molar-refractivity contribution in [2.75, 3.05) is 0 Å². The molecule has 2 nitrogen and oxygen atoms in total. The standard InChI is InChI=1S/C15H22O2/c1-9-4-6-12-10(2)5-7-13-11(3)14(16)17-15(12,13)8-9/h8,10-13H,4-7H2,1-3H3/t10-,11?,12+,13+,15+/m1/s1. The fourth-order valence-electron chi connectivity index (χ4n) is 4.41. The van der Waals surface area contributed by atoms with Crippen LogP contribution in [-0.4, -0.2) is 11.6 Å². The van der Waals surface area contributed by atoms with Crippen LogP contribution in [0.25, 0.3) is 0 Å². The SMILES string of the molecule is CC1=C[C@@]23OC(=O)C(C)[C@@H]2CC[C@@H](C)[C@@H]3CC1. The van der Waals surface area contributed by atoms with Crippen molar-refractivity contribution in [1.82, 2.24) is 0 Å². The van der Waals surface area contributed by atoms with E-state index in [0.29, 0.717) is 17.8 Å². The molecular weight excluding hydrogens is 212 g/mol. The van der Waals surface area contributed by atoms with Crippen LogP contribution < -0.4 is 0 Å². The van der Waals surface area contributed by atoms with Gasteiger partial charge in [0.15, 0.2) is 0 Å². The number of carbonyl (C=O) groups is 1. The first-order valence-electron chi connectivity index (χ1n) is 6.96. The summed E-state index contributed by atoms with van der Waals surface area (Å²) in [7, 11) is 0. The predicted molar refractivity (Wildman–Crippen MR) is 66.4 cm³/mol. The third-order valence-electron chi connectivity index (χ3n) is 5.35. The Morgan fingerprint density at radius 2 is 2.00 bits per heavy atom. The summed E-state index contributed by atoms with van der Waals surface area (Å²) in [6.45, 7) is 6.55. The third kappa shape index (κ3) is 1.42. The Morgan fingerprint density at radius 1 is 1.24 bits per heavy atom. The van der Waals surface area contributed by atoms with E-state index in [-0.39, 0.29) is 17.5 Å². The van der Waals surface area contributed by atoms with Gasteiger partial charge in [-0.2, -0.15) is 0 Å². The fourth-order valence-corrected chi connectivity index (χ4v) is 4.41. The van der Waals surface area contributed by atoms with Crippen molar-refractivity contribution < 1.29 is 9.53 Å². The molecule has 0 aromatic rings. The molecule has 0 aromatic heterocycles. The Kier molecular flexibility index (Phi) is 2.39. The van der Waals surface area contributed by atoms with Crippen molar-refractivity contribution >= 4 is 5.97 Å². The van der Waals surface area contributed by atoms with Gasteiger partial charge < -0.3 is 4.74 Å². The van der Waals surface area contributed by atoms with E-state index in [4.69, 9.17) is 4.74 Å². The van der Waals surface area contributed by atoms with Crippen LogP contribution in [0, 0.1) is 23.7 Å². The zero-order valence-electron chi connectivity index (χ0n) is 11.0. The maximum Gasteiger partial charge on any atom is 0.309 e. The van der Waals surface area contributed by atoms with Crippen molar-refractivity contribution in [2.45, 2.75) is 52.1 Å². The summed E-state index contributed by atoms with van der Waals surface area (Å²) in [5, 5.41) is 0. The van der Waals surface area contributed by atoms with Gasteiger partial charge in [0.25, 0.3) is 0 Å². The highest BCUT2D eigenvalue weighted by molar-refractivity contribution is 5.76. The molecule has 2 aliphatic carbocycles. The summed E-state index contributed by atoms with van der Waals surface area (Å²) in [5.74, 6) is 1.78. The van der Waals surface area contributed by atoms with Crippen molar-refractivity contribution in [1.29, 1.82) is 0 Å². The van der Waals surface area contributed by atoms with Gasteiger partial charge in [-0.25, -0.2) is 0 Å². The van der Waals surface area contributed by atoms with E-state index in [0.717, 1.165) is 6.42 Å². The quantitative estimate of drug-likeness (QED) is 0.475. The second-order valence-corrected chi connectivity index (χ2v) is 6.36. The Hall–Kier alpha value is -0.790. The molecule has 1 unspecified atom stereocenters. The Morgan fingerprint density at radius 3 is 2.76 bits per heavy atom. The smallest absolute Gasteiger partial charge is 0.309 e. The van der Waals surface area contributed by atoms with Crippen LogP contribution in [0.4, 0.5) is 0 Å². The number of hydrogen-bond acceptors (Lipinski definition) is 2. The highest BCUT2D eigenvalue weighted by Crippen LogP contribution is 2.56. The lowest BCUT2D eigenvalue weighted by atomic mass is 9.58. The molecule has 2 fully saturated rings. The first-order chi connectivity index (χ1) is 8.04. The summed E-state index contributed by atoms with van der Waals surface area (Å²) in [5.41, 5.74) is 1.17. The molecule has 2 heteroatoms. The van der Waals surface area contributed by atoms with Crippen molar-refractivity contribution in [3.8, 4) is 0 Å². The van der Waals surface area contributed by atoms with Gasteiger partial charge in [0, 0.05) is 11.8 Å². The van der Waals surface area contributed by atoms with E-state index in [2.05, 4.69) is 19.9 Å². The first kappa shape index (κ1) is 11.3. The molecule has 0 bridgehead atoms. The summed E-state index contributed by atoms with van der Waals surface area (Å²) >= 11 is 0. The zero-order chi connectivity index (χ0) is 12.2. The molecule has 0 N–H and O–H groups in total. The summed E-state index contributed by atoms with van der Waals surface area (Å²) in [6.07, 6.45) is 7.07. The molecule has 1 saturated heterocycles. The van der Waals surface area contributed by atoms with Crippen LogP contribution in [0.5, 0.6) is 0 Å². The molecule has 1 aliphatic heterocycles. The Bertz CT molecular complexity index is 384. The average Bonchev–Trinajstić information content (AvgIpc) is 2.50. The summed E-state index contributed by atoms with van der Waals surface area (Å²) < 4.78 is 5.89. The zero-order valence-corrected chi connectivity index (χ0v) is 11.0. The number of rotatable bonds is 0. The lowest BCUT2D eigenvalue weighted by Gasteiger charge is -2.48. The normalized spacial score (nSPS) is 49.1. The molecule has 0 aromatic carbocycles. The minimum atomic E-state index is -0.240. The van der Waals surface area contributed by atoms with Crippen molar-refractivity contribution in [3.05, 3.63) is 11.6 Å². The second kappa shape index (κ2) is 3.60. The Balaban J connectivity index is 2.07. The number of ether oxygens (including phenoxy) is 1. The molecule has 17 heavy (non-hydrogen) atoms. The Labute approximate surface area is 103 Å². The first-order valence-corrected chi connectivity index (χ1v) is 6.96. The molecule has 1 saturated carbocycles. The van der Waals surface area contributed by atoms with Crippen LogP contribution in [0.1, 0.15) is 46.5 Å². The molecule has 0 radical (unpaired) electrons. The van der Waals surface area contributed by atoms with E-state index in [1.54, 1.807) is 0 Å². The monoisotopic (exact) mass is 234 g/mol. The topological polar surface area (TPSA) is 26.3 Å². The molecule has 94 valence electrons. The number of allylic oxidation sites excluding steroid dienone is 1. The summed E-state index contributed by atoms with van der Waals surface area (Å²) in [4.78, 5) is 12.0. The molecule has 5 atom stereocenters. The van der Waals surface area contributed by atoms with Gasteiger partial charge >= 0.3 is 5.97 Å². The highest BCUT2D eigenvalue weighted by atomic mass is 16.6. The van der Waals surface area contributed by atoms with Crippen LogP contribution in [0.3, 0.4) is 0 Å². The average molecular weight is 234 g/mol. The molecule has 0 amide bonds. The van der Waals surface area contributed by atoms with Crippen molar-refractivity contribution in [3.63, 3.8) is 0 Å². The largest absolute Gasteiger partial charge is 0.454 e. The predicted octanol–water partition coefficient (Wildman–Crippen LogP) is 3.32. The number of carbonyl (C=O) groups excluding carboxylic acids is 1. The van der Waals surface area contributed by atoms with E-state index < -0.39 is 0 Å². The van der Waals surface area contributed by atoms with Gasteiger partial charge in [-0.15, -0.1) is 0 Å². The van der Waals surface area contributed by atoms with Gasteiger partial charge in [-0.05, 0) is 44.6 Å². The molecule has 3 rings (SSSR count). The minimum absolute atomic E-state index is 0.0278. The van der Waals surface area contributed by atoms with Crippen LogP contribution in [-0.2, 0) is 9.53 Å². The van der Waals surface area contributed by atoms with E-state index in [9.17, 15) is 4.79 Å². The molecule has 3 aliphatic rings. The van der Waals surface area contributed by atoms with E-state index in [1.165, 1.54) is 24.8 Å². The van der Waals surface area contributed by atoms with Crippen LogP contribution in [0.15, 0.2) is 11.6 Å². The minimum Gasteiger partial charge on any atom is -0.454 e. The van der Waals surface area contributed by atoms with Gasteiger partial charge in [0.2, 0.25) is 0 Å². The van der Waals surface area contributed by atoms with Crippen LogP contribution in [0.2, 0.25) is 0 Å². The molecular formula is C15H22O2. The van der Waals surface area contributed by atoms with E-state index >= 15 is 0 Å². The second-order valence-electron chi connectivity index (χ2n) is 6.36. The lowest BCUT2D eigenvalue weighted by molar-refractivity contribution is -0.155.